The second-order valence-corrected chi connectivity index (χ2v) is 5.03. The maximum absolute atomic E-state index is 13.8. The molecule has 0 aromatic heterocycles. The number of hydrazine groups is 1. The molecule has 1 aromatic rings. The monoisotopic (exact) mass is 318 g/mol. The highest BCUT2D eigenvalue weighted by Gasteiger charge is 2.19. The Morgan fingerprint density at radius 3 is 2.90 bits per heavy atom. The zero-order valence-electron chi connectivity index (χ0n) is 10.4. The molecule has 0 atom stereocenters. The van der Waals surface area contributed by atoms with Gasteiger partial charge in [0.05, 0.1) is 10.6 Å². The van der Waals surface area contributed by atoms with Crippen molar-refractivity contribution in [3.63, 3.8) is 0 Å². The van der Waals surface area contributed by atoms with Gasteiger partial charge in [0.25, 0.3) is 5.69 Å². The zero-order chi connectivity index (χ0) is 14.7. The van der Waals surface area contributed by atoms with Gasteiger partial charge in [-0.05, 0) is 25.1 Å². The van der Waals surface area contributed by atoms with Crippen LogP contribution in [-0.4, -0.2) is 28.1 Å². The molecule has 108 valence electrons. The predicted octanol–water partition coefficient (Wildman–Crippen LogP) is 2.68. The highest BCUT2D eigenvalue weighted by molar-refractivity contribution is 7.80. The van der Waals surface area contributed by atoms with Crippen molar-refractivity contribution in [3.8, 4) is 0 Å². The average Bonchev–Trinajstić information content (AvgIpc) is 2.42. The topological polar surface area (TPSA) is 70.4 Å². The quantitative estimate of drug-likeness (QED) is 0.496. The van der Waals surface area contributed by atoms with E-state index >= 15 is 0 Å². The summed E-state index contributed by atoms with van der Waals surface area (Å²) in [5.41, 5.74) is 2.61. The Kier molecular flexibility index (Phi) is 4.69. The van der Waals surface area contributed by atoms with Gasteiger partial charge in [-0.2, -0.15) is 0 Å². The van der Waals surface area contributed by atoms with Crippen molar-refractivity contribution in [1.29, 1.82) is 0 Å². The summed E-state index contributed by atoms with van der Waals surface area (Å²) in [6.07, 6.45) is 2.01. The standard InChI is InChI=1S/C11H12ClFN4O2S/c12-7-5-8(13)9(6-10(7)17(18)19)15-11(20)16-4-2-1-3-14-16/h5-6,14H,1-4H2,(H,15,20). The Labute approximate surface area is 125 Å². The molecule has 9 heteroatoms. The van der Waals surface area contributed by atoms with Crippen molar-refractivity contribution in [3.05, 3.63) is 33.1 Å². The summed E-state index contributed by atoms with van der Waals surface area (Å²) in [6.45, 7) is 1.48. The maximum atomic E-state index is 13.8. The van der Waals surface area contributed by atoms with Crippen LogP contribution in [0.2, 0.25) is 5.02 Å². The molecule has 0 unspecified atom stereocenters. The van der Waals surface area contributed by atoms with Gasteiger partial charge in [-0.1, -0.05) is 11.6 Å². The molecular formula is C11H12ClFN4O2S. The van der Waals surface area contributed by atoms with E-state index in [1.807, 2.05) is 0 Å². The van der Waals surface area contributed by atoms with Crippen LogP contribution in [-0.2, 0) is 0 Å². The van der Waals surface area contributed by atoms with Crippen LogP contribution in [0.3, 0.4) is 0 Å². The molecule has 20 heavy (non-hydrogen) atoms. The fourth-order valence-electron chi connectivity index (χ4n) is 1.82. The van der Waals surface area contributed by atoms with Crippen molar-refractivity contribution in [1.82, 2.24) is 10.4 Å². The summed E-state index contributed by atoms with van der Waals surface area (Å²) in [7, 11) is 0. The lowest BCUT2D eigenvalue weighted by Crippen LogP contribution is -2.48. The molecule has 1 aromatic carbocycles. The van der Waals surface area contributed by atoms with E-state index in [1.165, 1.54) is 0 Å². The summed E-state index contributed by atoms with van der Waals surface area (Å²) < 4.78 is 13.8. The van der Waals surface area contributed by atoms with Gasteiger partial charge < -0.3 is 5.32 Å². The number of thiocarbonyl (C=S) groups is 1. The van der Waals surface area contributed by atoms with Crippen LogP contribution in [0.5, 0.6) is 0 Å². The molecule has 1 aliphatic rings. The minimum atomic E-state index is -0.694. The molecule has 2 N–H and O–H groups in total. The smallest absolute Gasteiger partial charge is 0.290 e. The Bertz CT molecular complexity index is 551. The lowest BCUT2D eigenvalue weighted by Gasteiger charge is -2.30. The van der Waals surface area contributed by atoms with E-state index in [0.717, 1.165) is 31.5 Å². The maximum Gasteiger partial charge on any atom is 0.290 e. The summed E-state index contributed by atoms with van der Waals surface area (Å²) in [6, 6.07) is 1.93. The lowest BCUT2D eigenvalue weighted by molar-refractivity contribution is -0.384. The van der Waals surface area contributed by atoms with E-state index in [2.05, 4.69) is 10.7 Å². The van der Waals surface area contributed by atoms with Gasteiger partial charge in [0.1, 0.15) is 10.8 Å². The van der Waals surface area contributed by atoms with Crippen molar-refractivity contribution < 1.29 is 9.31 Å². The van der Waals surface area contributed by atoms with Crippen molar-refractivity contribution >= 4 is 40.3 Å². The van der Waals surface area contributed by atoms with Gasteiger partial charge in [0.15, 0.2) is 5.11 Å². The van der Waals surface area contributed by atoms with Gasteiger partial charge in [-0.25, -0.2) is 9.82 Å². The van der Waals surface area contributed by atoms with E-state index in [1.54, 1.807) is 5.01 Å². The molecule has 6 nitrogen and oxygen atoms in total. The first-order valence-corrected chi connectivity index (χ1v) is 6.73. The van der Waals surface area contributed by atoms with Crippen molar-refractivity contribution in [2.24, 2.45) is 0 Å². The SMILES string of the molecule is O=[N+]([O-])c1cc(NC(=S)N2CCCCN2)c(F)cc1Cl. The van der Waals surface area contributed by atoms with Crippen LogP contribution in [0.4, 0.5) is 15.8 Å². The summed E-state index contributed by atoms with van der Waals surface area (Å²) >= 11 is 10.8. The molecule has 0 bridgehead atoms. The molecule has 0 radical (unpaired) electrons. The fourth-order valence-corrected chi connectivity index (χ4v) is 2.30. The van der Waals surface area contributed by atoms with Gasteiger partial charge in [0, 0.05) is 25.2 Å². The summed E-state index contributed by atoms with van der Waals surface area (Å²) in [5.74, 6) is -0.694. The van der Waals surface area contributed by atoms with Gasteiger partial charge >= 0.3 is 0 Å². The number of nitrogens with zero attached hydrogens (tertiary/aromatic N) is 2. The predicted molar refractivity (Wildman–Crippen MR) is 78.2 cm³/mol. The molecule has 0 aliphatic carbocycles. The number of nitro benzene ring substituents is 1. The molecule has 0 amide bonds. The molecule has 0 spiro atoms. The highest BCUT2D eigenvalue weighted by Crippen LogP contribution is 2.30. The highest BCUT2D eigenvalue weighted by atomic mass is 35.5. The first kappa shape index (κ1) is 14.9. The van der Waals surface area contributed by atoms with Gasteiger partial charge in [-0.15, -0.1) is 0 Å². The number of hydrogen-bond acceptors (Lipinski definition) is 4. The fraction of sp³-hybridized carbons (Fsp3) is 0.364. The largest absolute Gasteiger partial charge is 0.329 e. The van der Waals surface area contributed by atoms with E-state index in [0.29, 0.717) is 6.54 Å². The molecule has 1 fully saturated rings. The molecule has 2 rings (SSSR count). The number of halogens is 2. The van der Waals surface area contributed by atoms with Crippen LogP contribution < -0.4 is 10.7 Å². The number of nitrogens with one attached hydrogen (secondary N) is 2. The van der Waals surface area contributed by atoms with E-state index in [9.17, 15) is 14.5 Å². The molecule has 1 heterocycles. The lowest BCUT2D eigenvalue weighted by atomic mass is 10.2. The van der Waals surface area contributed by atoms with Crippen molar-refractivity contribution in [2.75, 3.05) is 18.4 Å². The Hall–Kier alpha value is -1.51. The normalized spacial score (nSPS) is 15.0. The Morgan fingerprint density at radius 2 is 2.30 bits per heavy atom. The van der Waals surface area contributed by atoms with E-state index in [-0.39, 0.29) is 21.5 Å². The Balaban J connectivity index is 2.18. The number of benzene rings is 1. The van der Waals surface area contributed by atoms with E-state index < -0.39 is 10.7 Å². The number of rotatable bonds is 2. The van der Waals surface area contributed by atoms with Gasteiger partial charge in [-0.3, -0.25) is 15.1 Å². The zero-order valence-corrected chi connectivity index (χ0v) is 11.9. The summed E-state index contributed by atoms with van der Waals surface area (Å²) in [5, 5.41) is 15.1. The van der Waals surface area contributed by atoms with Crippen LogP contribution in [0.15, 0.2) is 12.1 Å². The third-order valence-corrected chi connectivity index (χ3v) is 3.46. The Morgan fingerprint density at radius 1 is 1.55 bits per heavy atom. The number of nitro groups is 1. The van der Waals surface area contributed by atoms with Gasteiger partial charge in [0.2, 0.25) is 0 Å². The molecular weight excluding hydrogens is 307 g/mol. The summed E-state index contributed by atoms with van der Waals surface area (Å²) in [4.78, 5) is 10.1. The third kappa shape index (κ3) is 3.33. The minimum absolute atomic E-state index is 0.0709. The average molecular weight is 319 g/mol. The number of anilines is 1. The van der Waals surface area contributed by atoms with E-state index in [4.69, 9.17) is 23.8 Å². The number of hydrogen-bond donors (Lipinski definition) is 2. The minimum Gasteiger partial charge on any atom is -0.329 e. The van der Waals surface area contributed by atoms with Crippen molar-refractivity contribution in [2.45, 2.75) is 12.8 Å². The van der Waals surface area contributed by atoms with Crippen LogP contribution in [0, 0.1) is 15.9 Å². The molecule has 0 saturated carbocycles. The first-order chi connectivity index (χ1) is 9.49. The first-order valence-electron chi connectivity index (χ1n) is 5.94. The van der Waals surface area contributed by atoms with Crippen LogP contribution in [0.25, 0.3) is 0 Å². The third-order valence-electron chi connectivity index (χ3n) is 2.83. The van der Waals surface area contributed by atoms with Crippen LogP contribution in [0.1, 0.15) is 12.8 Å². The molecule has 1 aliphatic heterocycles. The van der Waals surface area contributed by atoms with Crippen LogP contribution >= 0.6 is 23.8 Å². The second-order valence-electron chi connectivity index (χ2n) is 4.24. The second kappa shape index (κ2) is 6.29. The molecule has 1 saturated heterocycles.